The molecule has 0 aromatic heterocycles. The van der Waals surface area contributed by atoms with Crippen LogP contribution in [0, 0.1) is 0 Å². The van der Waals surface area contributed by atoms with Crippen molar-refractivity contribution in [2.24, 2.45) is 0 Å². The standard InChI is InChI=1S/C17H28N2O4S/c1-19(11-7-12-23-2)14-17(20)18-10-6-13-24(21,22)15-16-8-4-3-5-9-16/h3-5,8-9H,6-7,10-15H2,1-2H3,(H,18,20). The Hall–Kier alpha value is -1.44. The number of amides is 1. The summed E-state index contributed by atoms with van der Waals surface area (Å²) in [6, 6.07) is 9.12. The maximum atomic E-state index is 12.0. The number of likely N-dealkylation sites (N-methyl/N-ethyl adjacent to an activating group) is 1. The summed E-state index contributed by atoms with van der Waals surface area (Å²) in [5.41, 5.74) is 0.791. The van der Waals surface area contributed by atoms with Crippen LogP contribution in [0.5, 0.6) is 0 Å². The van der Waals surface area contributed by atoms with Crippen molar-refractivity contribution in [3.8, 4) is 0 Å². The predicted octanol–water partition coefficient (Wildman–Crippen LogP) is 1.08. The van der Waals surface area contributed by atoms with Crippen molar-refractivity contribution >= 4 is 15.7 Å². The minimum Gasteiger partial charge on any atom is -0.385 e. The van der Waals surface area contributed by atoms with Crippen LogP contribution in [0.4, 0.5) is 0 Å². The van der Waals surface area contributed by atoms with Gasteiger partial charge in [-0.3, -0.25) is 9.69 Å². The molecule has 0 fully saturated rings. The molecular weight excluding hydrogens is 328 g/mol. The van der Waals surface area contributed by atoms with Gasteiger partial charge in [0, 0.05) is 26.8 Å². The monoisotopic (exact) mass is 356 g/mol. The Morgan fingerprint density at radius 1 is 1.21 bits per heavy atom. The summed E-state index contributed by atoms with van der Waals surface area (Å²) in [4.78, 5) is 13.7. The van der Waals surface area contributed by atoms with Crippen molar-refractivity contribution in [3.63, 3.8) is 0 Å². The molecule has 1 rings (SSSR count). The van der Waals surface area contributed by atoms with Gasteiger partial charge in [-0.1, -0.05) is 30.3 Å². The molecule has 0 heterocycles. The third-order valence-corrected chi connectivity index (χ3v) is 5.17. The van der Waals surface area contributed by atoms with Gasteiger partial charge in [0.15, 0.2) is 9.84 Å². The summed E-state index contributed by atoms with van der Waals surface area (Å²) in [7, 11) is 0.380. The number of methoxy groups -OCH3 is 1. The molecule has 1 aromatic carbocycles. The highest BCUT2D eigenvalue weighted by atomic mass is 32.2. The first-order chi connectivity index (χ1) is 11.4. The van der Waals surface area contributed by atoms with Gasteiger partial charge in [0.1, 0.15) is 0 Å². The number of carbonyl (C=O) groups is 1. The number of ether oxygens (including phenoxy) is 1. The summed E-state index contributed by atoms with van der Waals surface area (Å²) in [6.45, 7) is 2.14. The minimum absolute atomic E-state index is 0.0457. The SMILES string of the molecule is COCCCN(C)CC(=O)NCCCS(=O)(=O)Cc1ccccc1. The molecule has 0 atom stereocenters. The van der Waals surface area contributed by atoms with Crippen LogP contribution in [-0.4, -0.2) is 65.4 Å². The Morgan fingerprint density at radius 3 is 2.58 bits per heavy atom. The molecule has 0 radical (unpaired) electrons. The fraction of sp³-hybridized carbons (Fsp3) is 0.588. The second-order valence-electron chi connectivity index (χ2n) is 5.87. The molecule has 0 saturated heterocycles. The van der Waals surface area contributed by atoms with E-state index in [2.05, 4.69) is 5.32 Å². The number of sulfone groups is 1. The van der Waals surface area contributed by atoms with Crippen molar-refractivity contribution in [3.05, 3.63) is 35.9 Å². The van der Waals surface area contributed by atoms with E-state index >= 15 is 0 Å². The molecule has 7 heteroatoms. The molecule has 6 nitrogen and oxygen atoms in total. The van der Waals surface area contributed by atoms with Crippen LogP contribution in [0.3, 0.4) is 0 Å². The van der Waals surface area contributed by atoms with Gasteiger partial charge in [-0.2, -0.15) is 0 Å². The average Bonchev–Trinajstić information content (AvgIpc) is 2.52. The molecule has 0 unspecified atom stereocenters. The number of benzene rings is 1. The van der Waals surface area contributed by atoms with E-state index in [1.807, 2.05) is 30.1 Å². The Labute approximate surface area is 145 Å². The normalized spacial score (nSPS) is 11.6. The number of rotatable bonds is 12. The molecule has 0 aliphatic rings. The van der Waals surface area contributed by atoms with Gasteiger partial charge in [-0.25, -0.2) is 8.42 Å². The van der Waals surface area contributed by atoms with Crippen LogP contribution >= 0.6 is 0 Å². The molecule has 1 aromatic rings. The third-order valence-electron chi connectivity index (χ3n) is 3.49. The number of hydrogen-bond acceptors (Lipinski definition) is 5. The fourth-order valence-electron chi connectivity index (χ4n) is 2.28. The van der Waals surface area contributed by atoms with Crippen LogP contribution in [-0.2, 0) is 25.1 Å². The van der Waals surface area contributed by atoms with Gasteiger partial charge < -0.3 is 10.1 Å². The molecule has 0 bridgehead atoms. The Kier molecular flexibility index (Phi) is 9.59. The van der Waals surface area contributed by atoms with Crippen LogP contribution in [0.2, 0.25) is 0 Å². The number of hydrogen-bond donors (Lipinski definition) is 1. The largest absolute Gasteiger partial charge is 0.385 e. The van der Waals surface area contributed by atoms with E-state index in [9.17, 15) is 13.2 Å². The molecule has 136 valence electrons. The average molecular weight is 356 g/mol. The highest BCUT2D eigenvalue weighted by molar-refractivity contribution is 7.90. The van der Waals surface area contributed by atoms with E-state index in [-0.39, 0.29) is 17.4 Å². The van der Waals surface area contributed by atoms with Crippen molar-refractivity contribution < 1.29 is 17.9 Å². The van der Waals surface area contributed by atoms with E-state index in [4.69, 9.17) is 4.74 Å². The van der Waals surface area contributed by atoms with Gasteiger partial charge >= 0.3 is 0 Å². The van der Waals surface area contributed by atoms with Gasteiger partial charge in [-0.05, 0) is 25.5 Å². The van der Waals surface area contributed by atoms with Crippen LogP contribution in [0.1, 0.15) is 18.4 Å². The quantitative estimate of drug-likeness (QED) is 0.567. The first-order valence-electron chi connectivity index (χ1n) is 8.11. The van der Waals surface area contributed by atoms with Crippen molar-refractivity contribution in [1.82, 2.24) is 10.2 Å². The van der Waals surface area contributed by atoms with Gasteiger partial charge in [0.2, 0.25) is 5.91 Å². The lowest BCUT2D eigenvalue weighted by Crippen LogP contribution is -2.36. The molecule has 0 spiro atoms. The smallest absolute Gasteiger partial charge is 0.234 e. The molecule has 1 N–H and O–H groups in total. The maximum absolute atomic E-state index is 12.0. The maximum Gasteiger partial charge on any atom is 0.234 e. The van der Waals surface area contributed by atoms with E-state index in [0.29, 0.717) is 26.1 Å². The van der Waals surface area contributed by atoms with Crippen molar-refractivity contribution in [2.45, 2.75) is 18.6 Å². The predicted molar refractivity (Wildman–Crippen MR) is 95.5 cm³/mol. The number of nitrogens with one attached hydrogen (secondary N) is 1. The van der Waals surface area contributed by atoms with Crippen LogP contribution in [0.15, 0.2) is 30.3 Å². The Morgan fingerprint density at radius 2 is 1.92 bits per heavy atom. The summed E-state index contributed by atoms with van der Waals surface area (Å²) in [5, 5.41) is 2.76. The van der Waals surface area contributed by atoms with Crippen LogP contribution < -0.4 is 5.32 Å². The number of nitrogens with zero attached hydrogens (tertiary/aromatic N) is 1. The van der Waals surface area contributed by atoms with E-state index in [1.54, 1.807) is 19.2 Å². The Balaban J connectivity index is 2.19. The highest BCUT2D eigenvalue weighted by Gasteiger charge is 2.12. The molecule has 24 heavy (non-hydrogen) atoms. The van der Waals surface area contributed by atoms with Gasteiger partial charge in [0.25, 0.3) is 0 Å². The molecular formula is C17H28N2O4S. The topological polar surface area (TPSA) is 75.7 Å². The van der Waals surface area contributed by atoms with Gasteiger partial charge in [-0.15, -0.1) is 0 Å². The van der Waals surface area contributed by atoms with Gasteiger partial charge in [0.05, 0.1) is 18.1 Å². The Bertz CT molecular complexity index is 576. The lowest BCUT2D eigenvalue weighted by molar-refractivity contribution is -0.121. The summed E-state index contributed by atoms with van der Waals surface area (Å²) in [6.07, 6.45) is 1.30. The number of carbonyl (C=O) groups excluding carboxylic acids is 1. The zero-order valence-electron chi connectivity index (χ0n) is 14.5. The zero-order chi connectivity index (χ0) is 17.8. The van der Waals surface area contributed by atoms with Crippen molar-refractivity contribution in [2.75, 3.05) is 46.2 Å². The molecule has 0 aliphatic heterocycles. The second kappa shape index (κ2) is 11.2. The van der Waals surface area contributed by atoms with E-state index < -0.39 is 9.84 Å². The zero-order valence-corrected chi connectivity index (χ0v) is 15.3. The lowest BCUT2D eigenvalue weighted by Gasteiger charge is -2.15. The van der Waals surface area contributed by atoms with Crippen LogP contribution in [0.25, 0.3) is 0 Å². The lowest BCUT2D eigenvalue weighted by atomic mass is 10.2. The van der Waals surface area contributed by atoms with Crippen molar-refractivity contribution in [1.29, 1.82) is 0 Å². The molecule has 1 amide bonds. The highest BCUT2D eigenvalue weighted by Crippen LogP contribution is 2.06. The summed E-state index contributed by atoms with van der Waals surface area (Å²) in [5.74, 6) is 0.0333. The van der Waals surface area contributed by atoms with E-state index in [0.717, 1.165) is 18.5 Å². The van der Waals surface area contributed by atoms with E-state index in [1.165, 1.54) is 0 Å². The minimum atomic E-state index is -3.15. The molecule has 0 aliphatic carbocycles. The first-order valence-corrected chi connectivity index (χ1v) is 9.93. The summed E-state index contributed by atoms with van der Waals surface area (Å²) >= 11 is 0. The first kappa shape index (κ1) is 20.6. The summed E-state index contributed by atoms with van der Waals surface area (Å²) < 4.78 is 29.0. The second-order valence-corrected chi connectivity index (χ2v) is 8.05. The fourth-order valence-corrected chi connectivity index (χ4v) is 3.71. The third kappa shape index (κ3) is 9.64. The molecule has 0 saturated carbocycles.